The molecule has 1 amide bonds. The summed E-state index contributed by atoms with van der Waals surface area (Å²) in [6.07, 6.45) is 0. The molecule has 0 fully saturated rings. The van der Waals surface area contributed by atoms with Crippen LogP contribution < -0.4 is 15.8 Å². The molecular formula is C15H15ClN2O2. The van der Waals surface area contributed by atoms with Crippen molar-refractivity contribution in [3.63, 3.8) is 0 Å². The molecule has 0 aliphatic carbocycles. The van der Waals surface area contributed by atoms with Gasteiger partial charge < -0.3 is 15.8 Å². The van der Waals surface area contributed by atoms with Gasteiger partial charge in [-0.15, -0.1) is 0 Å². The van der Waals surface area contributed by atoms with Gasteiger partial charge in [-0.25, -0.2) is 0 Å². The molecule has 2 aromatic rings. The zero-order valence-electron chi connectivity index (χ0n) is 11.0. The second-order valence-electron chi connectivity index (χ2n) is 4.26. The van der Waals surface area contributed by atoms with E-state index in [2.05, 4.69) is 5.32 Å². The number of nitrogens with one attached hydrogen (secondary N) is 1. The topological polar surface area (TPSA) is 64.3 Å². The number of carbonyl (C=O) groups is 1. The highest BCUT2D eigenvalue weighted by Crippen LogP contribution is 2.23. The molecule has 5 heteroatoms. The zero-order valence-corrected chi connectivity index (χ0v) is 11.7. The lowest BCUT2D eigenvalue weighted by Gasteiger charge is -2.17. The number of benzene rings is 2. The fraction of sp³-hybridized carbons (Fsp3) is 0.133. The van der Waals surface area contributed by atoms with E-state index >= 15 is 0 Å². The minimum absolute atomic E-state index is 0.463. The molecule has 0 radical (unpaired) electrons. The molecule has 104 valence electrons. The van der Waals surface area contributed by atoms with E-state index in [1.54, 1.807) is 37.4 Å². The molecule has 2 rings (SSSR count). The number of hydrogen-bond acceptors (Lipinski definition) is 3. The van der Waals surface area contributed by atoms with Crippen molar-refractivity contribution in [1.82, 2.24) is 0 Å². The molecular weight excluding hydrogens is 276 g/mol. The summed E-state index contributed by atoms with van der Waals surface area (Å²) in [4.78, 5) is 11.6. The van der Waals surface area contributed by atoms with Crippen molar-refractivity contribution in [2.24, 2.45) is 5.73 Å². The Kier molecular flexibility index (Phi) is 4.48. The van der Waals surface area contributed by atoms with Gasteiger partial charge in [-0.2, -0.15) is 0 Å². The van der Waals surface area contributed by atoms with Crippen molar-refractivity contribution in [3.8, 4) is 5.75 Å². The predicted molar refractivity (Wildman–Crippen MR) is 80.0 cm³/mol. The number of nitrogens with two attached hydrogens (primary N) is 1. The van der Waals surface area contributed by atoms with Gasteiger partial charge in [0.25, 0.3) is 0 Å². The van der Waals surface area contributed by atoms with Crippen LogP contribution in [0.4, 0.5) is 5.69 Å². The van der Waals surface area contributed by atoms with Crippen molar-refractivity contribution in [1.29, 1.82) is 0 Å². The average Bonchev–Trinajstić information content (AvgIpc) is 2.46. The Balaban J connectivity index is 2.25. The summed E-state index contributed by atoms with van der Waals surface area (Å²) in [5.41, 5.74) is 6.97. The van der Waals surface area contributed by atoms with Crippen LogP contribution in [0.3, 0.4) is 0 Å². The smallest absolute Gasteiger partial charge is 0.244 e. The lowest BCUT2D eigenvalue weighted by atomic mass is 10.1. The fourth-order valence-corrected chi connectivity index (χ4v) is 1.98. The van der Waals surface area contributed by atoms with Gasteiger partial charge in [0.15, 0.2) is 0 Å². The van der Waals surface area contributed by atoms with E-state index < -0.39 is 11.9 Å². The summed E-state index contributed by atoms with van der Waals surface area (Å²) in [5.74, 6) is 0.240. The monoisotopic (exact) mass is 290 g/mol. The van der Waals surface area contributed by atoms with E-state index in [1.165, 1.54) is 0 Å². The third-order valence-corrected chi connectivity index (χ3v) is 3.12. The highest BCUT2D eigenvalue weighted by atomic mass is 35.5. The first-order valence-electron chi connectivity index (χ1n) is 6.05. The zero-order chi connectivity index (χ0) is 14.5. The van der Waals surface area contributed by atoms with Gasteiger partial charge in [-0.05, 0) is 29.8 Å². The van der Waals surface area contributed by atoms with E-state index in [1.807, 2.05) is 18.2 Å². The van der Waals surface area contributed by atoms with Crippen molar-refractivity contribution < 1.29 is 9.53 Å². The van der Waals surface area contributed by atoms with Gasteiger partial charge in [0.2, 0.25) is 5.91 Å². The quantitative estimate of drug-likeness (QED) is 0.890. The molecule has 0 saturated heterocycles. The fourth-order valence-electron chi connectivity index (χ4n) is 1.85. The molecule has 0 heterocycles. The predicted octanol–water partition coefficient (Wildman–Crippen LogP) is 2.99. The molecule has 0 aliphatic heterocycles. The Bertz CT molecular complexity index is 599. The third-order valence-electron chi connectivity index (χ3n) is 2.87. The summed E-state index contributed by atoms with van der Waals surface area (Å²) in [7, 11) is 1.59. The lowest BCUT2D eigenvalue weighted by Crippen LogP contribution is -2.27. The van der Waals surface area contributed by atoms with E-state index in [-0.39, 0.29) is 0 Å². The second kappa shape index (κ2) is 6.30. The number of anilines is 1. The largest absolute Gasteiger partial charge is 0.497 e. The SMILES string of the molecule is COc1cccc(NC(C(N)=O)c2ccc(Cl)cc2)c1. The van der Waals surface area contributed by atoms with Crippen LogP contribution in [0.1, 0.15) is 11.6 Å². The molecule has 0 aliphatic rings. The van der Waals surface area contributed by atoms with E-state index in [9.17, 15) is 4.79 Å². The second-order valence-corrected chi connectivity index (χ2v) is 4.70. The highest BCUT2D eigenvalue weighted by molar-refractivity contribution is 6.30. The van der Waals surface area contributed by atoms with Crippen LogP contribution in [0.5, 0.6) is 5.75 Å². The molecule has 0 saturated carbocycles. The van der Waals surface area contributed by atoms with Crippen LogP contribution in [-0.2, 0) is 4.79 Å². The van der Waals surface area contributed by atoms with Crippen molar-refractivity contribution in [2.45, 2.75) is 6.04 Å². The van der Waals surface area contributed by atoms with Crippen molar-refractivity contribution in [2.75, 3.05) is 12.4 Å². The normalized spacial score (nSPS) is 11.7. The Morgan fingerprint density at radius 2 is 1.95 bits per heavy atom. The highest BCUT2D eigenvalue weighted by Gasteiger charge is 2.17. The van der Waals surface area contributed by atoms with Crippen LogP contribution in [0.2, 0.25) is 5.02 Å². The van der Waals surface area contributed by atoms with E-state index in [0.717, 1.165) is 11.3 Å². The minimum atomic E-state index is -0.626. The van der Waals surface area contributed by atoms with Gasteiger partial charge in [0, 0.05) is 16.8 Å². The number of amides is 1. The lowest BCUT2D eigenvalue weighted by molar-refractivity contribution is -0.118. The number of ether oxygens (including phenoxy) is 1. The Morgan fingerprint density at radius 3 is 2.55 bits per heavy atom. The Labute approximate surface area is 122 Å². The maximum Gasteiger partial charge on any atom is 0.244 e. The number of rotatable bonds is 5. The molecule has 4 nitrogen and oxygen atoms in total. The van der Waals surface area contributed by atoms with Crippen LogP contribution in [0.15, 0.2) is 48.5 Å². The minimum Gasteiger partial charge on any atom is -0.497 e. The maximum atomic E-state index is 11.6. The molecule has 1 unspecified atom stereocenters. The third kappa shape index (κ3) is 3.42. The first-order chi connectivity index (χ1) is 9.60. The summed E-state index contributed by atoms with van der Waals surface area (Å²) < 4.78 is 5.14. The number of halogens is 1. The molecule has 0 aromatic heterocycles. The molecule has 20 heavy (non-hydrogen) atoms. The van der Waals surface area contributed by atoms with Crippen molar-refractivity contribution >= 4 is 23.2 Å². The van der Waals surface area contributed by atoms with Crippen LogP contribution in [-0.4, -0.2) is 13.0 Å². The Morgan fingerprint density at radius 1 is 1.25 bits per heavy atom. The summed E-state index contributed by atoms with van der Waals surface area (Å²) in [6, 6.07) is 13.7. The average molecular weight is 291 g/mol. The van der Waals surface area contributed by atoms with Crippen LogP contribution >= 0.6 is 11.6 Å². The summed E-state index contributed by atoms with van der Waals surface area (Å²) >= 11 is 5.84. The Hall–Kier alpha value is -2.20. The first-order valence-corrected chi connectivity index (χ1v) is 6.43. The number of methoxy groups -OCH3 is 1. The van der Waals surface area contributed by atoms with Gasteiger partial charge in [-0.3, -0.25) is 4.79 Å². The molecule has 0 spiro atoms. The van der Waals surface area contributed by atoms with Crippen molar-refractivity contribution in [3.05, 3.63) is 59.1 Å². The number of hydrogen-bond donors (Lipinski definition) is 2. The van der Waals surface area contributed by atoms with Crippen LogP contribution in [0.25, 0.3) is 0 Å². The molecule has 1 atom stereocenters. The molecule has 0 bridgehead atoms. The summed E-state index contributed by atoms with van der Waals surface area (Å²) in [6.45, 7) is 0. The van der Waals surface area contributed by atoms with Gasteiger partial charge in [0.05, 0.1) is 7.11 Å². The van der Waals surface area contributed by atoms with Gasteiger partial charge in [-0.1, -0.05) is 29.8 Å². The number of primary amides is 1. The van der Waals surface area contributed by atoms with E-state index in [4.69, 9.17) is 22.1 Å². The van der Waals surface area contributed by atoms with E-state index in [0.29, 0.717) is 10.8 Å². The van der Waals surface area contributed by atoms with Crippen LogP contribution in [0, 0.1) is 0 Å². The molecule has 2 aromatic carbocycles. The van der Waals surface area contributed by atoms with Gasteiger partial charge in [0.1, 0.15) is 11.8 Å². The standard InChI is InChI=1S/C15H15ClN2O2/c1-20-13-4-2-3-12(9-13)18-14(15(17)19)10-5-7-11(16)8-6-10/h2-9,14,18H,1H3,(H2,17,19). The maximum absolute atomic E-state index is 11.6. The molecule has 3 N–H and O–H groups in total. The van der Waals surface area contributed by atoms with Gasteiger partial charge >= 0.3 is 0 Å². The summed E-state index contributed by atoms with van der Waals surface area (Å²) in [5, 5.41) is 3.70. The first kappa shape index (κ1) is 14.2. The number of carbonyl (C=O) groups excluding carboxylic acids is 1.